The first-order chi connectivity index (χ1) is 12.6. The van der Waals surface area contributed by atoms with Crippen LogP contribution in [0.3, 0.4) is 0 Å². The normalized spacial score (nSPS) is 25.0. The van der Waals surface area contributed by atoms with Crippen LogP contribution in [0.2, 0.25) is 0 Å². The summed E-state index contributed by atoms with van der Waals surface area (Å²) >= 11 is 1.65. The highest BCUT2D eigenvalue weighted by Gasteiger charge is 2.42. The molecule has 0 radical (unpaired) electrons. The zero-order chi connectivity index (χ0) is 18.1. The number of nitrogens with zero attached hydrogens (tertiary/aromatic N) is 5. The summed E-state index contributed by atoms with van der Waals surface area (Å²) in [6.07, 6.45) is 5.97. The van der Waals surface area contributed by atoms with E-state index in [1.165, 1.54) is 0 Å². The van der Waals surface area contributed by atoms with Crippen molar-refractivity contribution in [1.82, 2.24) is 19.8 Å². The van der Waals surface area contributed by atoms with Gasteiger partial charge in [0, 0.05) is 44.7 Å². The Morgan fingerprint density at radius 2 is 2.19 bits per heavy atom. The third kappa shape index (κ3) is 2.99. The fourth-order valence-corrected chi connectivity index (χ4v) is 4.98. The summed E-state index contributed by atoms with van der Waals surface area (Å²) in [4.78, 5) is 29.3. The number of hydrogen-bond acceptors (Lipinski definition) is 6. The SMILES string of the molecule is C=CCN1CC[C@]2(CCC1=O)CN(c1ncnc3sccc13)CCN2C. The van der Waals surface area contributed by atoms with E-state index in [-0.39, 0.29) is 11.4 Å². The van der Waals surface area contributed by atoms with Gasteiger partial charge in [0.1, 0.15) is 17.0 Å². The van der Waals surface area contributed by atoms with Gasteiger partial charge in [0.25, 0.3) is 0 Å². The predicted molar refractivity (Wildman–Crippen MR) is 106 cm³/mol. The van der Waals surface area contributed by atoms with Crippen molar-refractivity contribution in [3.63, 3.8) is 0 Å². The van der Waals surface area contributed by atoms with Crippen LogP contribution in [0.25, 0.3) is 10.2 Å². The molecule has 0 bridgehead atoms. The monoisotopic (exact) mass is 371 g/mol. The highest BCUT2D eigenvalue weighted by Crippen LogP contribution is 2.35. The zero-order valence-corrected chi connectivity index (χ0v) is 16.0. The highest BCUT2D eigenvalue weighted by molar-refractivity contribution is 7.16. The number of likely N-dealkylation sites (tertiary alicyclic amines) is 1. The van der Waals surface area contributed by atoms with Gasteiger partial charge in [-0.3, -0.25) is 9.69 Å². The first-order valence-electron chi connectivity index (χ1n) is 9.16. The first-order valence-corrected chi connectivity index (χ1v) is 10.0. The largest absolute Gasteiger partial charge is 0.353 e. The Balaban J connectivity index is 1.61. The Hall–Kier alpha value is -1.99. The highest BCUT2D eigenvalue weighted by atomic mass is 32.1. The second kappa shape index (κ2) is 6.96. The lowest BCUT2D eigenvalue weighted by Crippen LogP contribution is -2.61. The summed E-state index contributed by atoms with van der Waals surface area (Å²) in [7, 11) is 2.20. The van der Waals surface area contributed by atoms with Gasteiger partial charge < -0.3 is 9.80 Å². The smallest absolute Gasteiger partial charge is 0.222 e. The quantitative estimate of drug-likeness (QED) is 0.776. The second-order valence-corrected chi connectivity index (χ2v) is 8.18. The lowest BCUT2D eigenvalue weighted by Gasteiger charge is -2.49. The van der Waals surface area contributed by atoms with Crippen molar-refractivity contribution in [3.8, 4) is 0 Å². The van der Waals surface area contributed by atoms with Crippen LogP contribution in [0.5, 0.6) is 0 Å². The molecule has 2 aromatic heterocycles. The first kappa shape index (κ1) is 17.4. The average molecular weight is 372 g/mol. The van der Waals surface area contributed by atoms with Crippen molar-refractivity contribution < 1.29 is 4.79 Å². The Kier molecular flexibility index (Phi) is 4.67. The van der Waals surface area contributed by atoms with E-state index < -0.39 is 0 Å². The van der Waals surface area contributed by atoms with Crippen LogP contribution in [-0.2, 0) is 4.79 Å². The molecule has 2 aromatic rings. The van der Waals surface area contributed by atoms with E-state index in [2.05, 4.69) is 44.8 Å². The number of likely N-dealkylation sites (N-methyl/N-ethyl adjacent to an activating group) is 1. The maximum atomic E-state index is 12.5. The van der Waals surface area contributed by atoms with E-state index in [0.717, 1.165) is 55.1 Å². The van der Waals surface area contributed by atoms with E-state index in [1.807, 2.05) is 11.0 Å². The summed E-state index contributed by atoms with van der Waals surface area (Å²) in [6, 6.07) is 2.11. The molecule has 0 unspecified atom stereocenters. The topological polar surface area (TPSA) is 52.6 Å². The summed E-state index contributed by atoms with van der Waals surface area (Å²) in [5.74, 6) is 1.27. The molecule has 2 aliphatic rings. The summed E-state index contributed by atoms with van der Waals surface area (Å²) in [5, 5.41) is 3.21. The lowest BCUT2D eigenvalue weighted by atomic mass is 9.86. The standard InChI is InChI=1S/C19H25N5OS/c1-3-8-23-9-7-19(6-4-16(23)25)13-24(11-10-22(19)2)17-15-5-12-26-18(15)21-14-20-17/h3,5,12,14H,1,4,6-11,13H2,2H3/t19-/m1/s1. The van der Waals surface area contributed by atoms with E-state index in [1.54, 1.807) is 17.7 Å². The minimum Gasteiger partial charge on any atom is -0.353 e. The lowest BCUT2D eigenvalue weighted by molar-refractivity contribution is -0.130. The molecule has 138 valence electrons. The van der Waals surface area contributed by atoms with Crippen LogP contribution in [0.4, 0.5) is 5.82 Å². The van der Waals surface area contributed by atoms with Gasteiger partial charge in [-0.25, -0.2) is 9.97 Å². The number of fused-ring (bicyclic) bond motifs is 1. The van der Waals surface area contributed by atoms with E-state index in [0.29, 0.717) is 13.0 Å². The van der Waals surface area contributed by atoms with Gasteiger partial charge in [0.05, 0.1) is 5.39 Å². The van der Waals surface area contributed by atoms with E-state index >= 15 is 0 Å². The van der Waals surface area contributed by atoms with Gasteiger partial charge in [0.15, 0.2) is 0 Å². The molecule has 0 aliphatic carbocycles. The van der Waals surface area contributed by atoms with Crippen LogP contribution >= 0.6 is 11.3 Å². The summed E-state index contributed by atoms with van der Waals surface area (Å²) in [5.41, 5.74) is 0.0110. The van der Waals surface area contributed by atoms with Crippen LogP contribution < -0.4 is 4.90 Å². The molecule has 1 spiro atoms. The van der Waals surface area contributed by atoms with Crippen molar-refractivity contribution in [1.29, 1.82) is 0 Å². The molecular formula is C19H25N5OS. The Bertz CT molecular complexity index is 821. The molecule has 2 aliphatic heterocycles. The minimum atomic E-state index is 0.0110. The molecule has 0 N–H and O–H groups in total. The van der Waals surface area contributed by atoms with Crippen molar-refractivity contribution in [2.45, 2.75) is 24.8 Å². The molecule has 0 saturated carbocycles. The molecule has 26 heavy (non-hydrogen) atoms. The molecule has 0 aromatic carbocycles. The Morgan fingerprint density at radius 1 is 1.31 bits per heavy atom. The maximum Gasteiger partial charge on any atom is 0.222 e. The number of carbonyl (C=O) groups excluding carboxylic acids is 1. The van der Waals surface area contributed by atoms with Crippen molar-refractivity contribution in [2.24, 2.45) is 0 Å². The van der Waals surface area contributed by atoms with E-state index in [4.69, 9.17) is 0 Å². The van der Waals surface area contributed by atoms with E-state index in [9.17, 15) is 4.79 Å². The number of carbonyl (C=O) groups is 1. The number of anilines is 1. The van der Waals surface area contributed by atoms with Crippen LogP contribution in [0.1, 0.15) is 19.3 Å². The molecule has 1 amide bonds. The predicted octanol–water partition coefficient (Wildman–Crippen LogP) is 2.38. The second-order valence-electron chi connectivity index (χ2n) is 7.28. The molecule has 1 atom stereocenters. The summed E-state index contributed by atoms with van der Waals surface area (Å²) < 4.78 is 0. The molecule has 2 fully saturated rings. The third-order valence-electron chi connectivity index (χ3n) is 5.89. The van der Waals surface area contributed by atoms with Gasteiger partial charge in [0.2, 0.25) is 5.91 Å². The average Bonchev–Trinajstić information content (AvgIpc) is 3.08. The number of piperazine rings is 1. The Labute approximate surface area is 158 Å². The van der Waals surface area contributed by atoms with Gasteiger partial charge in [-0.05, 0) is 31.3 Å². The number of rotatable bonds is 3. The molecule has 4 heterocycles. The molecule has 4 rings (SSSR count). The number of thiophene rings is 1. The fraction of sp³-hybridized carbons (Fsp3) is 0.526. The van der Waals surface area contributed by atoms with Crippen molar-refractivity contribution >= 4 is 33.3 Å². The minimum absolute atomic E-state index is 0.0110. The Morgan fingerprint density at radius 3 is 3.04 bits per heavy atom. The van der Waals surface area contributed by atoms with Crippen LogP contribution in [-0.4, -0.2) is 71.0 Å². The number of aromatic nitrogens is 2. The maximum absolute atomic E-state index is 12.5. The van der Waals surface area contributed by atoms with Gasteiger partial charge in [-0.1, -0.05) is 6.08 Å². The number of amides is 1. The molecular weight excluding hydrogens is 346 g/mol. The van der Waals surface area contributed by atoms with Crippen LogP contribution in [0, 0.1) is 0 Å². The molecule has 2 saturated heterocycles. The third-order valence-corrected chi connectivity index (χ3v) is 6.71. The van der Waals surface area contributed by atoms with Gasteiger partial charge in [-0.2, -0.15) is 0 Å². The van der Waals surface area contributed by atoms with Gasteiger partial charge in [-0.15, -0.1) is 17.9 Å². The molecule has 6 nitrogen and oxygen atoms in total. The number of hydrogen-bond donors (Lipinski definition) is 0. The van der Waals surface area contributed by atoms with Crippen molar-refractivity contribution in [3.05, 3.63) is 30.4 Å². The molecule has 7 heteroatoms. The fourth-order valence-electron chi connectivity index (χ4n) is 4.25. The van der Waals surface area contributed by atoms with Gasteiger partial charge >= 0.3 is 0 Å². The van der Waals surface area contributed by atoms with Crippen LogP contribution in [0.15, 0.2) is 30.4 Å². The van der Waals surface area contributed by atoms with Crippen molar-refractivity contribution in [2.75, 3.05) is 44.7 Å². The zero-order valence-electron chi connectivity index (χ0n) is 15.2. The summed E-state index contributed by atoms with van der Waals surface area (Å²) in [6.45, 7) is 8.05.